The van der Waals surface area contributed by atoms with Crippen molar-refractivity contribution in [1.82, 2.24) is 95.8 Å². The van der Waals surface area contributed by atoms with E-state index in [0.29, 0.717) is 66.1 Å². The van der Waals surface area contributed by atoms with Crippen LogP contribution in [-0.4, -0.2) is 284 Å². The number of H-pyrrole nitrogens is 1. The number of phenols is 1. The molecule has 1 aromatic heterocycles. The molecule has 0 fully saturated rings. The zero-order valence-electron chi connectivity index (χ0n) is 89.0. The number of aromatic nitrogens is 1. The van der Waals surface area contributed by atoms with Crippen LogP contribution in [0.15, 0.2) is 97.2 Å². The van der Waals surface area contributed by atoms with Crippen LogP contribution >= 0.6 is 0 Å². The maximum Gasteiger partial charge on any atom is 0.303 e. The number of aliphatic hydroxyl groups is 1. The van der Waals surface area contributed by atoms with Crippen LogP contribution in [0, 0.1) is 11.8 Å². The van der Waals surface area contributed by atoms with Gasteiger partial charge >= 0.3 is 5.97 Å². The second-order valence-electron chi connectivity index (χ2n) is 40.7. The average molecular weight is 2080 g/mol. The van der Waals surface area contributed by atoms with Crippen LogP contribution in [0.5, 0.6) is 5.75 Å². The normalized spacial score (nSPS) is 21.4. The lowest BCUT2D eigenvalue weighted by Gasteiger charge is -2.33. The van der Waals surface area contributed by atoms with Gasteiger partial charge < -0.3 is 84.9 Å². The number of fused-ring (bicyclic) bond motifs is 1. The van der Waals surface area contributed by atoms with E-state index in [1.54, 1.807) is 116 Å². The number of amides is 8. The second-order valence-corrected chi connectivity index (χ2v) is 40.7. The van der Waals surface area contributed by atoms with Crippen LogP contribution in [0.3, 0.4) is 0 Å². The summed E-state index contributed by atoms with van der Waals surface area (Å²) in [5, 5.41) is 69.4. The first-order valence-electron chi connectivity index (χ1n) is 51.5. The first kappa shape index (κ1) is 127. The molecule has 149 heavy (non-hydrogen) atoms. The second kappa shape index (κ2) is 63.8. The summed E-state index contributed by atoms with van der Waals surface area (Å²) in [4.78, 5) is 282. The van der Waals surface area contributed by atoms with Gasteiger partial charge in [0.15, 0.2) is 40.5 Å². The van der Waals surface area contributed by atoms with Crippen molar-refractivity contribution in [2.24, 2.45) is 23.3 Å². The molecule has 1 aliphatic rings. The molecule has 3 aromatic carbocycles. The van der Waals surface area contributed by atoms with Gasteiger partial charge in [-0.3, -0.25) is 112 Å². The Bertz CT molecular complexity index is 5220. The number of Topliss-reactive ketones (excluding diaryl/α,β-unsaturated/α-hetero) is 11. The summed E-state index contributed by atoms with van der Waals surface area (Å²) in [7, 11) is 0. The summed E-state index contributed by atoms with van der Waals surface area (Å²) in [5.41, 5.74) is 19.8. The highest BCUT2D eigenvalue weighted by atomic mass is 16.4. The first-order chi connectivity index (χ1) is 70.1. The molecule has 17 atom stereocenters. The van der Waals surface area contributed by atoms with Crippen molar-refractivity contribution >= 4 is 128 Å². The van der Waals surface area contributed by atoms with Crippen molar-refractivity contribution in [2.75, 3.05) is 39.4 Å². The van der Waals surface area contributed by atoms with Gasteiger partial charge in [0.25, 0.3) is 0 Å². The number of carbonyl (C=O) groups excluding carboxylic acids is 19. The molecule has 824 valence electrons. The van der Waals surface area contributed by atoms with E-state index in [4.69, 9.17) is 11.5 Å². The summed E-state index contributed by atoms with van der Waals surface area (Å²) in [5.74, 6) is -15.9. The molecule has 0 bridgehead atoms. The fourth-order valence-electron chi connectivity index (χ4n) is 16.5. The number of carboxylic acid groups (broad SMARTS) is 1. The lowest BCUT2D eigenvalue weighted by atomic mass is 9.85. The number of para-hydroxylation sites is 1. The average Bonchev–Trinajstić information content (AvgIpc) is 1.36. The number of ketones is 11. The number of aromatic hydroxyl groups is 1. The fraction of sp³-hybridized carbons (Fsp3) is 0.604. The number of aromatic amines is 1. The van der Waals surface area contributed by atoms with E-state index >= 15 is 19.2 Å². The summed E-state index contributed by atoms with van der Waals surface area (Å²) >= 11 is 0. The molecule has 5 rings (SSSR count). The number of carboxylic acids is 1. The van der Waals surface area contributed by atoms with E-state index in [1.165, 1.54) is 65.8 Å². The zero-order chi connectivity index (χ0) is 111. The number of nitrogens with one attached hydrogen (secondary N) is 18. The highest BCUT2D eigenvalue weighted by Crippen LogP contribution is 2.26. The van der Waals surface area contributed by atoms with Gasteiger partial charge in [-0.25, -0.2) is 21.7 Å². The van der Waals surface area contributed by atoms with Crippen LogP contribution in [0.1, 0.15) is 249 Å². The van der Waals surface area contributed by atoms with Crippen LogP contribution in [0.4, 0.5) is 0 Å². The Kier molecular flexibility index (Phi) is 54.5. The molecule has 0 aliphatic carbocycles. The Balaban J connectivity index is 1.46. The number of primary amides is 2. The lowest BCUT2D eigenvalue weighted by Crippen LogP contribution is -2.65. The maximum absolute atomic E-state index is 15.7. The van der Waals surface area contributed by atoms with E-state index in [9.17, 15) is 92.0 Å². The monoisotopic (exact) mass is 2080 g/mol. The third-order valence-electron chi connectivity index (χ3n) is 26.4. The van der Waals surface area contributed by atoms with Crippen molar-refractivity contribution in [3.8, 4) is 5.75 Å². The fourth-order valence-corrected chi connectivity index (χ4v) is 16.5. The third-order valence-corrected chi connectivity index (χ3v) is 26.4. The Morgan fingerprint density at radius 1 is 0.544 bits per heavy atom. The quantitative estimate of drug-likeness (QED) is 0.0129. The van der Waals surface area contributed by atoms with E-state index in [1.807, 2.05) is 26.0 Å². The standard InChI is InChI=1S/C106H162N20O23/c1-61(2)51-81(118-70(12)128)100(146)121-93(69(11)127)96(142)94(140)80(53-71-31-25-24-26-32-71)125-126-106(16)47-30-23-21-19-17-18-20-22-29-46-105(15,90(136)59-112-65(7)86(132)45-49-110-63(5)84(130)43-48-109-64(6)85(131)44-50-111-67(9)89(135)58-116-104(13,14)103(149)117-68(10)98(108)144)122-102(148)82(52-62(3)4)120-99(145)78(39-41-91(107)137)115-60-114-66(8)87(133)56-88(134)79(55-73-57-113-76-34-28-27-33-75(73)76)123-124-83(54-72-35-37-74(129)38-36-72)101(147)119-77(40-42-92(138)139)95(141)97(106)143/h18,20,24-28,31-38,57,61-69,77-83,93,109-116,123-127,129H,17,19,21-23,29-30,39-56,58-60H2,1-16H3,(H2,107,137)(H2,108,144)(H,117,149)(H,118,128)(H,119,147)(H,120,145)(H,121,146)(H,122,148)(H,138,139)/t63-,64-,65-,66-,67-,68+,69+,77-,78-,79-,80-,81-,82-,83-,93-,105-,106+/m0/s1. The smallest absolute Gasteiger partial charge is 0.303 e. The van der Waals surface area contributed by atoms with E-state index < -0.39 is 227 Å². The molecule has 0 radical (unpaired) electrons. The Hall–Kier alpha value is -12.1. The van der Waals surface area contributed by atoms with Gasteiger partial charge in [-0.1, -0.05) is 120 Å². The number of benzene rings is 3. The number of rotatable bonds is 52. The first-order valence-corrected chi connectivity index (χ1v) is 51.5. The molecule has 43 nitrogen and oxygen atoms in total. The SMILES string of the molecule is CC(=O)N[C@@H](CC(C)C)C(=O)N[C@H](C(=O)C(=O)[C@H](Cc1ccccc1)NN[C@]1(C)CCCCCCC=CCCC[C@@](C)(C(=O)CN[C@@H](C)C(=O)CCN[C@@H](C)C(=O)CCN[C@@H](C)C(=O)CCN[C@@H](C)C(=O)CNC(C)(C)C(=O)N[C@H](C)C(N)=O)NC(=O)[C@H](CC(C)C)NC(=O)[C@H](CCC(N)=O)NCN[C@@H](C)C(=O)CC(=O)[C@H](Cc2c[nH]c3ccccc23)NN[C@@H](Cc2ccc(O)cc2)C(=O)N[C@@H](CCC(=O)O)C(=O)C1=O)[C@@H](C)O. The van der Waals surface area contributed by atoms with Gasteiger partial charge in [-0.2, -0.15) is 0 Å². The minimum atomic E-state index is -2.09. The van der Waals surface area contributed by atoms with E-state index in [-0.39, 0.29) is 157 Å². The Morgan fingerprint density at radius 2 is 1.11 bits per heavy atom. The van der Waals surface area contributed by atoms with Gasteiger partial charge in [-0.15, -0.1) is 0 Å². The number of allylic oxidation sites excluding steroid dienone is 2. The molecule has 0 unspecified atom stereocenters. The number of aliphatic carboxylic acids is 1. The summed E-state index contributed by atoms with van der Waals surface area (Å²) in [6.45, 7) is 24.4. The largest absolute Gasteiger partial charge is 0.508 e. The molecule has 4 aromatic rings. The number of aliphatic hydroxyl groups excluding tert-OH is 1. The van der Waals surface area contributed by atoms with Crippen LogP contribution in [0.25, 0.3) is 10.9 Å². The summed E-state index contributed by atoms with van der Waals surface area (Å²) in [6.07, 6.45) is 3.19. The van der Waals surface area contributed by atoms with Crippen molar-refractivity contribution in [3.05, 3.63) is 114 Å². The van der Waals surface area contributed by atoms with E-state index in [2.05, 4.69) is 95.8 Å². The molecule has 25 N–H and O–H groups in total. The third kappa shape index (κ3) is 44.9. The highest BCUT2D eigenvalue weighted by molar-refractivity contribution is 6.43. The zero-order valence-corrected chi connectivity index (χ0v) is 89.0. The van der Waals surface area contributed by atoms with Gasteiger partial charge in [0.2, 0.25) is 70.4 Å². The Morgan fingerprint density at radius 3 is 1.69 bits per heavy atom. The maximum atomic E-state index is 15.7. The molecular formula is C106H162N20O23. The number of carbonyl (C=O) groups is 20. The predicted molar refractivity (Wildman–Crippen MR) is 559 cm³/mol. The molecule has 0 saturated carbocycles. The number of hydrazine groups is 2. The molecule has 8 amide bonds. The predicted octanol–water partition coefficient (Wildman–Crippen LogP) is 1.46. The van der Waals surface area contributed by atoms with Gasteiger partial charge in [-0.05, 0) is 206 Å². The minimum Gasteiger partial charge on any atom is -0.508 e. The number of hydrogen-bond acceptors (Lipinski definition) is 33. The Labute approximate surface area is 872 Å². The number of nitrogens with two attached hydrogens (primary N) is 2. The molecule has 0 saturated heterocycles. The van der Waals surface area contributed by atoms with Gasteiger partial charge in [0.1, 0.15) is 36.0 Å². The summed E-state index contributed by atoms with van der Waals surface area (Å²) in [6, 6.07) is 4.09. The van der Waals surface area contributed by atoms with Crippen molar-refractivity contribution in [3.63, 3.8) is 0 Å². The molecule has 2 heterocycles. The molecule has 43 heteroatoms. The topological polar surface area (TPSA) is 674 Å². The number of phenolic OH excluding ortho intramolecular Hbond substituents is 1. The summed E-state index contributed by atoms with van der Waals surface area (Å²) < 4.78 is 0. The minimum absolute atomic E-state index is 0.0324. The van der Waals surface area contributed by atoms with Crippen LogP contribution in [-0.2, 0) is 115 Å². The van der Waals surface area contributed by atoms with Crippen LogP contribution < -0.4 is 102 Å². The van der Waals surface area contributed by atoms with Gasteiger partial charge in [0.05, 0.1) is 96.6 Å². The van der Waals surface area contributed by atoms with Gasteiger partial charge in [0, 0.05) is 82.4 Å². The van der Waals surface area contributed by atoms with Crippen molar-refractivity contribution in [2.45, 2.75) is 359 Å². The van der Waals surface area contributed by atoms with Crippen LogP contribution in [0.2, 0.25) is 0 Å². The van der Waals surface area contributed by atoms with E-state index in [0.717, 1.165) is 0 Å². The lowest BCUT2D eigenvalue weighted by molar-refractivity contribution is -0.144. The molecular weight excluding hydrogens is 1920 g/mol. The van der Waals surface area contributed by atoms with Crippen molar-refractivity contribution < 1.29 is 111 Å². The molecule has 1 aliphatic heterocycles. The van der Waals surface area contributed by atoms with Crippen molar-refractivity contribution in [1.29, 1.82) is 0 Å². The highest BCUT2D eigenvalue weighted by Gasteiger charge is 2.45. The number of hydrogen-bond donors (Lipinski definition) is 23. The molecule has 0 spiro atoms.